The van der Waals surface area contributed by atoms with Crippen LogP contribution >= 0.6 is 0 Å². The summed E-state index contributed by atoms with van der Waals surface area (Å²) in [5.41, 5.74) is 2.68. The van der Waals surface area contributed by atoms with Crippen LogP contribution in [0.3, 0.4) is 0 Å². The Kier molecular flexibility index (Phi) is 7.58. The van der Waals surface area contributed by atoms with E-state index in [1.807, 2.05) is 13.0 Å². The monoisotopic (exact) mass is 408 g/mol. The number of benzene rings is 1. The van der Waals surface area contributed by atoms with E-state index in [0.29, 0.717) is 19.6 Å². The van der Waals surface area contributed by atoms with Crippen molar-refractivity contribution in [1.29, 1.82) is 0 Å². The molecule has 4 nitrogen and oxygen atoms in total. The molecule has 160 valence electrons. The molecule has 29 heavy (non-hydrogen) atoms. The molecule has 2 aliphatic rings. The van der Waals surface area contributed by atoms with Crippen molar-refractivity contribution >= 4 is 12.0 Å². The molecular weight excluding hydrogens is 377 g/mol. The number of hydrogen-bond donors (Lipinski definition) is 1. The van der Waals surface area contributed by atoms with E-state index < -0.39 is 12.7 Å². The SMILES string of the molecule is CCNC(=NCC1CCN(CC(F)(F)F)C1)N1CCC(=Cc2ccccc2)CC1. The largest absolute Gasteiger partial charge is 0.401 e. The average Bonchev–Trinajstić information content (AvgIpc) is 3.12. The number of aliphatic imine (C=N–C) groups is 1. The van der Waals surface area contributed by atoms with Crippen LogP contribution in [-0.4, -0.2) is 67.7 Å². The molecule has 0 bridgehead atoms. The number of hydrogen-bond acceptors (Lipinski definition) is 2. The van der Waals surface area contributed by atoms with Crippen molar-refractivity contribution in [2.24, 2.45) is 10.9 Å². The molecule has 0 radical (unpaired) electrons. The Morgan fingerprint density at radius 3 is 2.55 bits per heavy atom. The second-order valence-corrected chi connectivity index (χ2v) is 7.90. The Balaban J connectivity index is 1.52. The van der Waals surface area contributed by atoms with Crippen LogP contribution in [0.15, 0.2) is 40.9 Å². The zero-order chi connectivity index (χ0) is 20.7. The third-order valence-electron chi connectivity index (χ3n) is 5.48. The molecule has 1 atom stereocenters. The van der Waals surface area contributed by atoms with Gasteiger partial charge in [-0.15, -0.1) is 0 Å². The lowest BCUT2D eigenvalue weighted by Gasteiger charge is -2.31. The molecule has 0 amide bonds. The Hall–Kier alpha value is -2.02. The third kappa shape index (κ3) is 7.07. The quantitative estimate of drug-likeness (QED) is 0.590. The van der Waals surface area contributed by atoms with Gasteiger partial charge in [0.2, 0.25) is 0 Å². The van der Waals surface area contributed by atoms with Crippen LogP contribution in [0.2, 0.25) is 0 Å². The summed E-state index contributed by atoms with van der Waals surface area (Å²) in [6.45, 7) is 5.41. The van der Waals surface area contributed by atoms with E-state index in [2.05, 4.69) is 40.6 Å². The fourth-order valence-electron chi connectivity index (χ4n) is 4.04. The maximum atomic E-state index is 12.6. The van der Waals surface area contributed by atoms with Crippen molar-refractivity contribution in [3.05, 3.63) is 41.5 Å². The summed E-state index contributed by atoms with van der Waals surface area (Å²) in [4.78, 5) is 8.53. The van der Waals surface area contributed by atoms with Gasteiger partial charge in [0.05, 0.1) is 6.54 Å². The molecular formula is C22H31F3N4. The van der Waals surface area contributed by atoms with Crippen molar-refractivity contribution in [1.82, 2.24) is 15.1 Å². The zero-order valence-corrected chi connectivity index (χ0v) is 17.1. The Labute approximate surface area is 171 Å². The van der Waals surface area contributed by atoms with Gasteiger partial charge in [-0.1, -0.05) is 42.0 Å². The predicted molar refractivity (Wildman–Crippen MR) is 112 cm³/mol. The van der Waals surface area contributed by atoms with Gasteiger partial charge in [-0.25, -0.2) is 0 Å². The molecule has 3 rings (SSSR count). The Morgan fingerprint density at radius 2 is 1.90 bits per heavy atom. The molecule has 1 aromatic carbocycles. The smallest absolute Gasteiger partial charge is 0.357 e. The second-order valence-electron chi connectivity index (χ2n) is 7.90. The van der Waals surface area contributed by atoms with Crippen LogP contribution in [0.25, 0.3) is 6.08 Å². The first-order chi connectivity index (χ1) is 13.9. The lowest BCUT2D eigenvalue weighted by molar-refractivity contribution is -0.143. The standard InChI is InChI=1S/C22H31F3N4/c1-2-26-21(27-15-20-8-11-28(16-20)17-22(23,24)25)29-12-9-19(10-13-29)14-18-6-4-3-5-7-18/h3-7,14,20H,2,8-13,15-17H2,1H3,(H,26,27). The number of nitrogens with one attached hydrogen (secondary N) is 1. The molecule has 0 aliphatic carbocycles. The van der Waals surface area contributed by atoms with Crippen molar-refractivity contribution in [3.8, 4) is 0 Å². The van der Waals surface area contributed by atoms with E-state index in [4.69, 9.17) is 4.99 Å². The van der Waals surface area contributed by atoms with Gasteiger partial charge in [-0.05, 0) is 44.2 Å². The molecule has 1 unspecified atom stereocenters. The second kappa shape index (κ2) is 10.1. The van der Waals surface area contributed by atoms with Crippen LogP contribution in [-0.2, 0) is 0 Å². The van der Waals surface area contributed by atoms with Crippen molar-refractivity contribution < 1.29 is 13.2 Å². The summed E-state index contributed by atoms with van der Waals surface area (Å²) in [7, 11) is 0. The molecule has 1 N–H and O–H groups in total. The van der Waals surface area contributed by atoms with E-state index in [-0.39, 0.29) is 5.92 Å². The van der Waals surface area contributed by atoms with Crippen molar-refractivity contribution in [3.63, 3.8) is 0 Å². The van der Waals surface area contributed by atoms with E-state index in [1.54, 1.807) is 0 Å². The van der Waals surface area contributed by atoms with Gasteiger partial charge in [0.15, 0.2) is 5.96 Å². The summed E-state index contributed by atoms with van der Waals surface area (Å²) in [5, 5.41) is 3.35. The minimum atomic E-state index is -4.12. The van der Waals surface area contributed by atoms with Gasteiger partial charge in [0.25, 0.3) is 0 Å². The molecule has 0 spiro atoms. The van der Waals surface area contributed by atoms with Crippen molar-refractivity contribution in [2.75, 3.05) is 45.8 Å². The first kappa shape index (κ1) is 21.7. The predicted octanol–water partition coefficient (Wildman–Crippen LogP) is 4.02. The number of nitrogens with zero attached hydrogens (tertiary/aromatic N) is 3. The molecule has 2 fully saturated rings. The molecule has 1 aromatic rings. The average molecular weight is 409 g/mol. The maximum Gasteiger partial charge on any atom is 0.401 e. The highest BCUT2D eigenvalue weighted by molar-refractivity contribution is 5.80. The highest BCUT2D eigenvalue weighted by Gasteiger charge is 2.34. The molecule has 0 aromatic heterocycles. The topological polar surface area (TPSA) is 30.9 Å². The first-order valence-corrected chi connectivity index (χ1v) is 10.5. The van der Waals surface area contributed by atoms with Gasteiger partial charge < -0.3 is 10.2 Å². The van der Waals surface area contributed by atoms with Gasteiger partial charge in [-0.3, -0.25) is 9.89 Å². The van der Waals surface area contributed by atoms with Crippen LogP contribution in [0.5, 0.6) is 0 Å². The van der Waals surface area contributed by atoms with Gasteiger partial charge in [0.1, 0.15) is 0 Å². The van der Waals surface area contributed by atoms with Gasteiger partial charge in [0, 0.05) is 32.7 Å². The van der Waals surface area contributed by atoms with Gasteiger partial charge in [-0.2, -0.15) is 13.2 Å². The van der Waals surface area contributed by atoms with E-state index in [1.165, 1.54) is 16.0 Å². The molecule has 7 heteroatoms. The Bertz CT molecular complexity index is 690. The van der Waals surface area contributed by atoms with E-state index in [0.717, 1.165) is 44.9 Å². The van der Waals surface area contributed by atoms with Crippen LogP contribution in [0, 0.1) is 5.92 Å². The summed E-state index contributed by atoms with van der Waals surface area (Å²) in [5.74, 6) is 1.09. The third-order valence-corrected chi connectivity index (χ3v) is 5.48. The number of piperidine rings is 1. The van der Waals surface area contributed by atoms with Crippen LogP contribution < -0.4 is 5.32 Å². The molecule has 2 heterocycles. The number of alkyl halides is 3. The maximum absolute atomic E-state index is 12.6. The fourth-order valence-corrected chi connectivity index (χ4v) is 4.04. The lowest BCUT2D eigenvalue weighted by Crippen LogP contribution is -2.44. The summed E-state index contributed by atoms with van der Waals surface area (Å²) in [6.07, 6.45) is 0.939. The van der Waals surface area contributed by atoms with Gasteiger partial charge >= 0.3 is 6.18 Å². The van der Waals surface area contributed by atoms with E-state index >= 15 is 0 Å². The van der Waals surface area contributed by atoms with Crippen LogP contribution in [0.4, 0.5) is 13.2 Å². The minimum absolute atomic E-state index is 0.198. The molecule has 2 saturated heterocycles. The molecule has 2 aliphatic heterocycles. The summed E-state index contributed by atoms with van der Waals surface area (Å²) in [6, 6.07) is 10.4. The minimum Gasteiger partial charge on any atom is -0.357 e. The highest BCUT2D eigenvalue weighted by Crippen LogP contribution is 2.23. The number of likely N-dealkylation sites (tertiary alicyclic amines) is 2. The van der Waals surface area contributed by atoms with Crippen molar-refractivity contribution in [2.45, 2.75) is 32.4 Å². The summed E-state index contributed by atoms with van der Waals surface area (Å²) >= 11 is 0. The van der Waals surface area contributed by atoms with E-state index in [9.17, 15) is 13.2 Å². The lowest BCUT2D eigenvalue weighted by atomic mass is 10.0. The number of guanidine groups is 1. The Morgan fingerprint density at radius 1 is 1.17 bits per heavy atom. The number of halogens is 3. The summed E-state index contributed by atoms with van der Waals surface area (Å²) < 4.78 is 37.7. The van der Waals surface area contributed by atoms with Crippen LogP contribution in [0.1, 0.15) is 31.7 Å². The zero-order valence-electron chi connectivity index (χ0n) is 17.1. The normalized spacial score (nSPS) is 21.5. The molecule has 0 saturated carbocycles. The highest BCUT2D eigenvalue weighted by atomic mass is 19.4. The fraction of sp³-hybridized carbons (Fsp3) is 0.591. The first-order valence-electron chi connectivity index (χ1n) is 10.5. The number of rotatable bonds is 5.